The molecule has 0 aliphatic rings. The van der Waals surface area contributed by atoms with E-state index in [4.69, 9.17) is 4.74 Å². The quantitative estimate of drug-likeness (QED) is 0.344. The zero-order valence-corrected chi connectivity index (χ0v) is 15.1. The molecule has 2 rings (SSSR count). The standard InChI is InChI=1S/C18H18N2O5S/c1-12(17(21)19-15-10-6-7-11-16(15)20(23)24)25-18(22)13(2)26-14-8-4-3-5-9-14/h3-13H,1-2H3,(H,19,21)/t12-,13-/m0/s1. The van der Waals surface area contributed by atoms with Gasteiger partial charge in [-0.1, -0.05) is 30.3 Å². The van der Waals surface area contributed by atoms with Gasteiger partial charge in [0.2, 0.25) is 0 Å². The molecule has 0 bridgehead atoms. The van der Waals surface area contributed by atoms with Gasteiger partial charge in [-0.15, -0.1) is 11.8 Å². The van der Waals surface area contributed by atoms with Gasteiger partial charge in [-0.2, -0.15) is 0 Å². The van der Waals surface area contributed by atoms with Gasteiger partial charge in [0, 0.05) is 11.0 Å². The van der Waals surface area contributed by atoms with Gasteiger partial charge < -0.3 is 10.1 Å². The highest BCUT2D eigenvalue weighted by Crippen LogP contribution is 2.25. The predicted octanol–water partition coefficient (Wildman–Crippen LogP) is 3.65. The molecule has 0 aromatic heterocycles. The highest BCUT2D eigenvalue weighted by Gasteiger charge is 2.24. The summed E-state index contributed by atoms with van der Waals surface area (Å²) < 4.78 is 5.18. The van der Waals surface area contributed by atoms with Crippen LogP contribution in [0, 0.1) is 10.1 Å². The number of esters is 1. The normalized spacial score (nSPS) is 12.7. The van der Waals surface area contributed by atoms with Gasteiger partial charge in [0.05, 0.1) is 4.92 Å². The van der Waals surface area contributed by atoms with Gasteiger partial charge >= 0.3 is 5.97 Å². The Hall–Kier alpha value is -2.87. The fraction of sp³-hybridized carbons (Fsp3) is 0.222. The summed E-state index contributed by atoms with van der Waals surface area (Å²) in [6.07, 6.45) is -1.08. The molecule has 136 valence electrons. The second-order valence-corrected chi connectivity index (χ2v) is 6.83. The second-order valence-electron chi connectivity index (χ2n) is 5.42. The molecule has 2 aromatic rings. The zero-order chi connectivity index (χ0) is 19.1. The second kappa shape index (κ2) is 9.00. The number of nitro groups is 1. The summed E-state index contributed by atoms with van der Waals surface area (Å²) >= 11 is 1.32. The number of nitrogens with zero attached hydrogens (tertiary/aromatic N) is 1. The Bertz CT molecular complexity index is 797. The lowest BCUT2D eigenvalue weighted by Gasteiger charge is -2.16. The molecule has 2 atom stereocenters. The van der Waals surface area contributed by atoms with Crippen LogP contribution in [0.2, 0.25) is 0 Å². The molecule has 7 nitrogen and oxygen atoms in total. The molecule has 0 saturated heterocycles. The van der Waals surface area contributed by atoms with Crippen LogP contribution in [0.15, 0.2) is 59.5 Å². The number of thioether (sulfide) groups is 1. The van der Waals surface area contributed by atoms with E-state index in [2.05, 4.69) is 5.32 Å². The number of anilines is 1. The van der Waals surface area contributed by atoms with Crippen molar-refractivity contribution in [3.63, 3.8) is 0 Å². The van der Waals surface area contributed by atoms with Crippen molar-refractivity contribution in [2.45, 2.75) is 30.1 Å². The maximum atomic E-state index is 12.2. The van der Waals surface area contributed by atoms with Crippen LogP contribution in [0.3, 0.4) is 0 Å². The minimum absolute atomic E-state index is 0.0529. The third-order valence-corrected chi connectivity index (χ3v) is 4.50. The van der Waals surface area contributed by atoms with Crippen molar-refractivity contribution in [2.75, 3.05) is 5.32 Å². The Morgan fingerprint density at radius 2 is 1.69 bits per heavy atom. The number of amides is 1. The van der Waals surface area contributed by atoms with E-state index in [9.17, 15) is 19.7 Å². The Morgan fingerprint density at radius 1 is 1.08 bits per heavy atom. The average Bonchev–Trinajstić information content (AvgIpc) is 2.62. The van der Waals surface area contributed by atoms with Gasteiger partial charge in [0.15, 0.2) is 6.10 Å². The Balaban J connectivity index is 1.94. The lowest BCUT2D eigenvalue weighted by molar-refractivity contribution is -0.383. The SMILES string of the molecule is C[C@H](OC(=O)[C@H](C)Sc1ccccc1)C(=O)Nc1ccccc1[N+](=O)[O-]. The van der Waals surface area contributed by atoms with Crippen molar-refractivity contribution in [1.29, 1.82) is 0 Å². The molecule has 0 heterocycles. The number of carbonyl (C=O) groups excluding carboxylic acids is 2. The van der Waals surface area contributed by atoms with Crippen molar-refractivity contribution in [3.05, 3.63) is 64.7 Å². The molecule has 0 aliphatic heterocycles. The smallest absolute Gasteiger partial charge is 0.319 e. The molecule has 8 heteroatoms. The van der Waals surface area contributed by atoms with Crippen LogP contribution in [0.25, 0.3) is 0 Å². The number of ether oxygens (including phenoxy) is 1. The van der Waals surface area contributed by atoms with E-state index in [0.717, 1.165) is 4.90 Å². The first-order chi connectivity index (χ1) is 12.4. The van der Waals surface area contributed by atoms with E-state index in [1.54, 1.807) is 13.0 Å². The fourth-order valence-electron chi connectivity index (χ4n) is 2.05. The Morgan fingerprint density at radius 3 is 2.35 bits per heavy atom. The van der Waals surface area contributed by atoms with Crippen LogP contribution in [0.1, 0.15) is 13.8 Å². The van der Waals surface area contributed by atoms with Crippen LogP contribution >= 0.6 is 11.8 Å². The number of rotatable bonds is 7. The van der Waals surface area contributed by atoms with Crippen molar-refractivity contribution < 1.29 is 19.2 Å². The third kappa shape index (κ3) is 5.32. The summed E-state index contributed by atoms with van der Waals surface area (Å²) in [4.78, 5) is 35.6. The van der Waals surface area contributed by atoms with Crippen LogP contribution in [-0.2, 0) is 14.3 Å². The first kappa shape index (κ1) is 19.5. The van der Waals surface area contributed by atoms with E-state index in [1.807, 2.05) is 30.3 Å². The minimum Gasteiger partial charge on any atom is -0.452 e. The average molecular weight is 374 g/mol. The first-order valence-electron chi connectivity index (χ1n) is 7.85. The lowest BCUT2D eigenvalue weighted by Crippen LogP contribution is -2.32. The van der Waals surface area contributed by atoms with E-state index in [0.29, 0.717) is 0 Å². The number of hydrogen-bond acceptors (Lipinski definition) is 6. The molecular formula is C18H18N2O5S. The number of nitrogens with one attached hydrogen (secondary N) is 1. The van der Waals surface area contributed by atoms with Crippen molar-refractivity contribution in [2.24, 2.45) is 0 Å². The molecule has 0 spiro atoms. The van der Waals surface area contributed by atoms with Crippen LogP contribution in [0.5, 0.6) is 0 Å². The highest BCUT2D eigenvalue weighted by atomic mass is 32.2. The number of hydrogen-bond donors (Lipinski definition) is 1. The monoisotopic (exact) mass is 374 g/mol. The van der Waals surface area contributed by atoms with Crippen molar-refractivity contribution >= 4 is 35.0 Å². The maximum Gasteiger partial charge on any atom is 0.319 e. The van der Waals surface area contributed by atoms with Gasteiger partial charge in [-0.25, -0.2) is 0 Å². The number of nitro benzene ring substituents is 1. The first-order valence-corrected chi connectivity index (χ1v) is 8.73. The number of para-hydroxylation sites is 2. The topological polar surface area (TPSA) is 98.5 Å². The summed E-state index contributed by atoms with van der Waals surface area (Å²) in [5.41, 5.74) is -0.176. The van der Waals surface area contributed by atoms with E-state index < -0.39 is 28.2 Å². The molecule has 26 heavy (non-hydrogen) atoms. The molecule has 0 unspecified atom stereocenters. The summed E-state index contributed by atoms with van der Waals surface area (Å²) in [5.74, 6) is -1.17. The van der Waals surface area contributed by atoms with Gasteiger partial charge in [0.25, 0.3) is 11.6 Å². The summed E-state index contributed by atoms with van der Waals surface area (Å²) in [5, 5.41) is 12.9. The van der Waals surface area contributed by atoms with E-state index >= 15 is 0 Å². The summed E-state index contributed by atoms with van der Waals surface area (Å²) in [6, 6.07) is 15.1. The van der Waals surface area contributed by atoms with Crippen LogP contribution in [-0.4, -0.2) is 28.2 Å². The predicted molar refractivity (Wildman–Crippen MR) is 99.0 cm³/mol. The molecule has 0 aliphatic carbocycles. The van der Waals surface area contributed by atoms with Crippen LogP contribution in [0.4, 0.5) is 11.4 Å². The molecule has 0 fully saturated rings. The molecule has 1 N–H and O–H groups in total. The number of benzene rings is 2. The third-order valence-electron chi connectivity index (χ3n) is 3.41. The van der Waals surface area contributed by atoms with Gasteiger partial charge in [-0.05, 0) is 32.0 Å². The lowest BCUT2D eigenvalue weighted by atomic mass is 10.2. The number of carbonyl (C=O) groups is 2. The highest BCUT2D eigenvalue weighted by molar-refractivity contribution is 8.00. The summed E-state index contributed by atoms with van der Waals surface area (Å²) in [6.45, 7) is 3.11. The largest absolute Gasteiger partial charge is 0.452 e. The van der Waals surface area contributed by atoms with Gasteiger partial charge in [0.1, 0.15) is 10.9 Å². The van der Waals surface area contributed by atoms with Crippen LogP contribution < -0.4 is 5.32 Å². The minimum atomic E-state index is -1.08. The molecular weight excluding hydrogens is 356 g/mol. The van der Waals surface area contributed by atoms with Crippen molar-refractivity contribution in [3.8, 4) is 0 Å². The molecule has 0 saturated carbocycles. The molecule has 0 radical (unpaired) electrons. The Labute approximate surface area is 154 Å². The zero-order valence-electron chi connectivity index (χ0n) is 14.2. The van der Waals surface area contributed by atoms with Gasteiger partial charge in [-0.3, -0.25) is 19.7 Å². The van der Waals surface area contributed by atoms with Crippen molar-refractivity contribution in [1.82, 2.24) is 0 Å². The van der Waals surface area contributed by atoms with E-state index in [1.165, 1.54) is 36.9 Å². The van der Waals surface area contributed by atoms with E-state index in [-0.39, 0.29) is 11.4 Å². The maximum absolute atomic E-state index is 12.2. The molecule has 1 amide bonds. The summed E-state index contributed by atoms with van der Waals surface area (Å²) in [7, 11) is 0. The Kier molecular flexibility index (Phi) is 6.74. The fourth-order valence-corrected chi connectivity index (χ4v) is 2.92. The molecule has 2 aromatic carbocycles.